The number of carbonyl (C=O) groups excluding carboxylic acids is 2. The van der Waals surface area contributed by atoms with Crippen molar-refractivity contribution in [2.45, 2.75) is 24.9 Å². The van der Waals surface area contributed by atoms with Gasteiger partial charge in [0.2, 0.25) is 5.95 Å². The maximum atomic E-state index is 13.6. The SMILES string of the molecule is O=C(NCCN(c1ncccn1)C1CCNCC1)N1C(=O)OC[C@@H]1c1ccc(F)c(F)c1. The van der Waals surface area contributed by atoms with E-state index in [-0.39, 0.29) is 24.8 Å². The summed E-state index contributed by atoms with van der Waals surface area (Å²) in [6.45, 7) is 2.32. The summed E-state index contributed by atoms with van der Waals surface area (Å²) in [5, 5.41) is 6.05. The zero-order valence-electron chi connectivity index (χ0n) is 17.3. The standard InChI is InChI=1S/C21H24F2N6O3/c22-16-3-2-14(12-17(16)23)18-13-32-21(31)29(18)20(30)27-10-11-28(15-4-8-24-9-5-15)19-25-6-1-7-26-19/h1-3,6-7,12,15,18,24H,4-5,8-11,13H2,(H,27,30)/t18-/m1/s1. The van der Waals surface area contributed by atoms with Crippen LogP contribution in [-0.2, 0) is 4.74 Å². The van der Waals surface area contributed by atoms with Crippen molar-refractivity contribution < 1.29 is 23.1 Å². The number of aromatic nitrogens is 2. The molecule has 0 unspecified atom stereocenters. The zero-order valence-corrected chi connectivity index (χ0v) is 17.3. The Hall–Kier alpha value is -3.34. The van der Waals surface area contributed by atoms with Gasteiger partial charge in [-0.1, -0.05) is 6.07 Å². The van der Waals surface area contributed by atoms with Crippen LogP contribution in [0.25, 0.3) is 0 Å². The molecule has 2 aliphatic heterocycles. The van der Waals surface area contributed by atoms with Crippen LogP contribution in [0.5, 0.6) is 0 Å². The summed E-state index contributed by atoms with van der Waals surface area (Å²) in [5.41, 5.74) is 0.277. The Balaban J connectivity index is 1.41. The van der Waals surface area contributed by atoms with Gasteiger partial charge in [0, 0.05) is 31.5 Å². The van der Waals surface area contributed by atoms with E-state index in [4.69, 9.17) is 4.74 Å². The number of hydrogen-bond acceptors (Lipinski definition) is 7. The van der Waals surface area contributed by atoms with Gasteiger partial charge >= 0.3 is 12.1 Å². The highest BCUT2D eigenvalue weighted by atomic mass is 19.2. The summed E-state index contributed by atoms with van der Waals surface area (Å²) in [6, 6.07) is 3.72. The smallest absolute Gasteiger partial charge is 0.418 e. The lowest BCUT2D eigenvalue weighted by Crippen LogP contribution is -2.49. The number of anilines is 1. The highest BCUT2D eigenvalue weighted by Gasteiger charge is 2.39. The summed E-state index contributed by atoms with van der Waals surface area (Å²) >= 11 is 0. The first kappa shape index (κ1) is 21.9. The van der Waals surface area contributed by atoms with Gasteiger partial charge in [-0.2, -0.15) is 0 Å². The van der Waals surface area contributed by atoms with E-state index in [0.29, 0.717) is 12.5 Å². The molecule has 2 fully saturated rings. The number of hydrogen-bond donors (Lipinski definition) is 2. The predicted molar refractivity (Wildman–Crippen MR) is 111 cm³/mol. The predicted octanol–water partition coefficient (Wildman–Crippen LogP) is 2.22. The normalized spacial score (nSPS) is 19.0. The Kier molecular flexibility index (Phi) is 6.74. The topological polar surface area (TPSA) is 99.7 Å². The van der Waals surface area contributed by atoms with Gasteiger partial charge < -0.3 is 20.3 Å². The van der Waals surface area contributed by atoms with Crippen molar-refractivity contribution in [1.82, 2.24) is 25.5 Å². The lowest BCUT2D eigenvalue weighted by atomic mass is 10.1. The summed E-state index contributed by atoms with van der Waals surface area (Å²) in [6.07, 6.45) is 4.34. The molecule has 3 amide bonds. The fourth-order valence-corrected chi connectivity index (χ4v) is 3.98. The summed E-state index contributed by atoms with van der Waals surface area (Å²) in [7, 11) is 0. The van der Waals surface area contributed by atoms with Gasteiger partial charge in [0.1, 0.15) is 12.6 Å². The van der Waals surface area contributed by atoms with Crippen LogP contribution in [0, 0.1) is 11.6 Å². The van der Waals surface area contributed by atoms with Crippen molar-refractivity contribution in [3.8, 4) is 0 Å². The molecule has 2 N–H and O–H groups in total. The molecule has 0 spiro atoms. The molecule has 3 heterocycles. The van der Waals surface area contributed by atoms with E-state index < -0.39 is 29.8 Å². The van der Waals surface area contributed by atoms with E-state index in [1.807, 2.05) is 0 Å². The molecule has 0 saturated carbocycles. The van der Waals surface area contributed by atoms with E-state index in [2.05, 4.69) is 25.5 Å². The average Bonchev–Trinajstić information content (AvgIpc) is 3.21. The fraction of sp³-hybridized carbons (Fsp3) is 0.429. The molecule has 11 heteroatoms. The van der Waals surface area contributed by atoms with Gasteiger partial charge in [-0.15, -0.1) is 0 Å². The van der Waals surface area contributed by atoms with Crippen molar-refractivity contribution >= 4 is 18.1 Å². The Bertz CT molecular complexity index is 958. The highest BCUT2D eigenvalue weighted by molar-refractivity contribution is 5.92. The molecule has 1 aromatic heterocycles. The van der Waals surface area contributed by atoms with E-state index in [9.17, 15) is 18.4 Å². The number of piperidine rings is 1. The number of halogens is 2. The first-order valence-electron chi connectivity index (χ1n) is 10.5. The molecule has 170 valence electrons. The van der Waals surface area contributed by atoms with Crippen LogP contribution in [0.15, 0.2) is 36.7 Å². The molecule has 1 aromatic carbocycles. The van der Waals surface area contributed by atoms with Crippen LogP contribution in [0.2, 0.25) is 0 Å². The summed E-state index contributed by atoms with van der Waals surface area (Å²) in [5.74, 6) is -1.48. The molecule has 0 radical (unpaired) electrons. The maximum Gasteiger partial charge on any atom is 0.418 e. The van der Waals surface area contributed by atoms with Crippen LogP contribution in [0.3, 0.4) is 0 Å². The van der Waals surface area contributed by atoms with Crippen molar-refractivity contribution in [2.75, 3.05) is 37.7 Å². The lowest BCUT2D eigenvalue weighted by molar-refractivity contribution is 0.158. The third-order valence-electron chi connectivity index (χ3n) is 5.61. The molecule has 32 heavy (non-hydrogen) atoms. The molecule has 4 rings (SSSR count). The Morgan fingerprint density at radius 3 is 2.69 bits per heavy atom. The van der Waals surface area contributed by atoms with Gasteiger partial charge in [0.05, 0.1) is 0 Å². The second-order valence-corrected chi connectivity index (χ2v) is 7.59. The molecular formula is C21H24F2N6O3. The molecule has 0 aliphatic carbocycles. The lowest BCUT2D eigenvalue weighted by Gasteiger charge is -2.34. The number of ether oxygens (including phenoxy) is 1. The minimum atomic E-state index is -1.05. The monoisotopic (exact) mass is 446 g/mol. The third kappa shape index (κ3) is 4.77. The van der Waals surface area contributed by atoms with E-state index in [1.165, 1.54) is 6.07 Å². The Morgan fingerprint density at radius 1 is 1.22 bits per heavy atom. The number of carbonyl (C=O) groups is 2. The molecule has 9 nitrogen and oxygen atoms in total. The molecule has 1 atom stereocenters. The molecule has 2 aromatic rings. The van der Waals surface area contributed by atoms with Crippen molar-refractivity contribution in [3.05, 3.63) is 53.9 Å². The van der Waals surface area contributed by atoms with E-state index >= 15 is 0 Å². The minimum Gasteiger partial charge on any atom is -0.446 e. The second-order valence-electron chi connectivity index (χ2n) is 7.59. The van der Waals surface area contributed by atoms with Gasteiger partial charge in [0.25, 0.3) is 0 Å². The van der Waals surface area contributed by atoms with E-state index in [0.717, 1.165) is 43.0 Å². The maximum absolute atomic E-state index is 13.6. The average molecular weight is 446 g/mol. The third-order valence-corrected chi connectivity index (χ3v) is 5.61. The Labute approximate surface area is 183 Å². The van der Waals surface area contributed by atoms with Crippen molar-refractivity contribution in [2.24, 2.45) is 0 Å². The summed E-state index contributed by atoms with van der Waals surface area (Å²) < 4.78 is 31.9. The van der Waals surface area contributed by atoms with Gasteiger partial charge in [-0.3, -0.25) is 0 Å². The van der Waals surface area contributed by atoms with Gasteiger partial charge in [0.15, 0.2) is 11.6 Å². The molecule has 0 bridgehead atoms. The number of benzene rings is 1. The number of nitrogens with one attached hydrogen (secondary N) is 2. The van der Waals surface area contributed by atoms with Gasteiger partial charge in [-0.25, -0.2) is 33.2 Å². The number of amides is 3. The van der Waals surface area contributed by atoms with Crippen LogP contribution >= 0.6 is 0 Å². The number of rotatable bonds is 6. The first-order chi connectivity index (χ1) is 15.5. The highest BCUT2D eigenvalue weighted by Crippen LogP contribution is 2.28. The van der Waals surface area contributed by atoms with Crippen LogP contribution in [0.4, 0.5) is 24.3 Å². The zero-order chi connectivity index (χ0) is 22.5. The van der Waals surface area contributed by atoms with Gasteiger partial charge in [-0.05, 0) is 49.7 Å². The van der Waals surface area contributed by atoms with Crippen LogP contribution in [0.1, 0.15) is 24.4 Å². The molecular weight excluding hydrogens is 422 g/mol. The minimum absolute atomic E-state index is 0.129. The largest absolute Gasteiger partial charge is 0.446 e. The van der Waals surface area contributed by atoms with Crippen molar-refractivity contribution in [3.63, 3.8) is 0 Å². The first-order valence-corrected chi connectivity index (χ1v) is 10.5. The Morgan fingerprint density at radius 2 is 1.97 bits per heavy atom. The molecule has 2 saturated heterocycles. The fourth-order valence-electron chi connectivity index (χ4n) is 3.98. The summed E-state index contributed by atoms with van der Waals surface area (Å²) in [4.78, 5) is 36.5. The quantitative estimate of drug-likeness (QED) is 0.702. The van der Waals surface area contributed by atoms with Crippen LogP contribution < -0.4 is 15.5 Å². The number of urea groups is 1. The molecule has 2 aliphatic rings. The van der Waals surface area contributed by atoms with Crippen LogP contribution in [-0.4, -0.2) is 65.8 Å². The number of nitrogens with zero attached hydrogens (tertiary/aromatic N) is 4. The number of cyclic esters (lactones) is 1. The second kappa shape index (κ2) is 9.86. The van der Waals surface area contributed by atoms with E-state index in [1.54, 1.807) is 18.5 Å². The number of imide groups is 1. The van der Waals surface area contributed by atoms with Crippen molar-refractivity contribution in [1.29, 1.82) is 0 Å².